The van der Waals surface area contributed by atoms with Crippen LogP contribution in [-0.4, -0.2) is 37.8 Å². The van der Waals surface area contributed by atoms with E-state index in [9.17, 15) is 0 Å². The Morgan fingerprint density at radius 1 is 0.848 bits per heavy atom. The molecule has 3 aliphatic carbocycles. The maximum atomic E-state index is 5.91. The van der Waals surface area contributed by atoms with Gasteiger partial charge in [-0.25, -0.2) is 0 Å². The van der Waals surface area contributed by atoms with Crippen molar-refractivity contribution < 1.29 is 21.7 Å². The van der Waals surface area contributed by atoms with Crippen molar-refractivity contribution in [1.29, 1.82) is 0 Å². The zero-order chi connectivity index (χ0) is 21.0. The molecular formula is C29H58N2SiTi. The molecule has 2 nitrogen and oxygen atoms in total. The van der Waals surface area contributed by atoms with E-state index in [0.717, 1.165) is 47.2 Å². The minimum Gasteiger partial charge on any atom is -0.659 e. The average molecular weight is 511 g/mol. The van der Waals surface area contributed by atoms with Gasteiger partial charge in [-0.15, -0.1) is 5.54 Å². The summed E-state index contributed by atoms with van der Waals surface area (Å²) in [4.78, 5) is 8.85. The summed E-state index contributed by atoms with van der Waals surface area (Å²) in [5.41, 5.74) is 1.14. The predicted octanol–water partition coefficient (Wildman–Crippen LogP) is 8.81. The van der Waals surface area contributed by atoms with Crippen LogP contribution in [0.15, 0.2) is 0 Å². The van der Waals surface area contributed by atoms with Gasteiger partial charge in [0.05, 0.1) is 0 Å². The van der Waals surface area contributed by atoms with Crippen LogP contribution in [0.1, 0.15) is 91.9 Å². The zero-order valence-electron chi connectivity index (χ0n) is 24.1. The Balaban J connectivity index is 0.00000256. The Morgan fingerprint density at radius 3 is 1.94 bits per heavy atom. The normalized spacial score (nSPS) is 37.9. The molecule has 3 saturated carbocycles. The molecule has 33 heavy (non-hydrogen) atoms. The summed E-state index contributed by atoms with van der Waals surface area (Å²) in [6.07, 6.45) is 14.1. The van der Waals surface area contributed by atoms with Crippen LogP contribution in [0.5, 0.6) is 0 Å². The molecule has 4 aliphatic rings. The molecule has 1 heterocycles. The average Bonchev–Trinajstić information content (AvgIpc) is 3.20. The molecule has 4 fully saturated rings. The fraction of sp³-hybridized carbons (Fsp3) is 0.897. The summed E-state index contributed by atoms with van der Waals surface area (Å²) < 4.78 is 0. The molecule has 0 spiro atoms. The maximum absolute atomic E-state index is 5.91. The first-order chi connectivity index (χ1) is 13.8. The molecule has 8 atom stereocenters. The molecule has 0 N–H and O–H groups in total. The van der Waals surface area contributed by atoms with Gasteiger partial charge in [0.1, 0.15) is 0 Å². The second kappa shape index (κ2) is 12.9. The van der Waals surface area contributed by atoms with Crippen molar-refractivity contribution in [3.8, 4) is 0 Å². The molecule has 0 bridgehead atoms. The molecule has 1 aliphatic heterocycles. The van der Waals surface area contributed by atoms with Crippen molar-refractivity contribution in [3.63, 3.8) is 0 Å². The molecule has 8 unspecified atom stereocenters. The van der Waals surface area contributed by atoms with Gasteiger partial charge in [-0.2, -0.15) is 0 Å². The van der Waals surface area contributed by atoms with Crippen LogP contribution in [-0.2, 0) is 21.7 Å². The summed E-state index contributed by atoms with van der Waals surface area (Å²) in [5.74, 6) is 4.93. The van der Waals surface area contributed by atoms with Gasteiger partial charge in [0.25, 0.3) is 0 Å². The van der Waals surface area contributed by atoms with Crippen LogP contribution < -0.4 is 0 Å². The number of hydrogen-bond acceptors (Lipinski definition) is 1. The van der Waals surface area contributed by atoms with Crippen molar-refractivity contribution >= 4 is 8.24 Å². The molecule has 0 aromatic rings. The van der Waals surface area contributed by atoms with Gasteiger partial charge in [0.2, 0.25) is 0 Å². The number of nitrogens with zero attached hydrogens (tertiary/aromatic N) is 2. The minimum atomic E-state index is -1.70. The van der Waals surface area contributed by atoms with E-state index in [2.05, 4.69) is 52.7 Å². The summed E-state index contributed by atoms with van der Waals surface area (Å²) in [5, 5.41) is 0. The van der Waals surface area contributed by atoms with E-state index < -0.39 is 8.24 Å². The second-order valence-electron chi connectivity index (χ2n) is 12.1. The van der Waals surface area contributed by atoms with Crippen molar-refractivity contribution in [1.82, 2.24) is 4.90 Å². The summed E-state index contributed by atoms with van der Waals surface area (Å²) >= 11 is 0. The third-order valence-corrected chi connectivity index (χ3v) is 14.0. The van der Waals surface area contributed by atoms with Gasteiger partial charge in [-0.05, 0) is 67.9 Å². The van der Waals surface area contributed by atoms with Crippen LogP contribution in [0, 0.1) is 51.9 Å². The first kappa shape index (κ1) is 33.9. The van der Waals surface area contributed by atoms with Gasteiger partial charge in [-0.3, -0.25) is 4.90 Å². The first-order valence-corrected chi connectivity index (χ1v) is 16.3. The Labute approximate surface area is 226 Å². The SMILES string of the molecule is CCC(CC)(CC)[N-][Si](C)(C)C1C2CCCCC2C2C3CC(C)CCC3N(C)C21.[CH3-].[CH3-].[CH3-].[Ti+4]. The summed E-state index contributed by atoms with van der Waals surface area (Å²) in [7, 11) is 0.825. The van der Waals surface area contributed by atoms with Gasteiger partial charge < -0.3 is 27.3 Å². The molecule has 0 radical (unpaired) electrons. The van der Waals surface area contributed by atoms with Crippen molar-refractivity contribution in [2.45, 2.75) is 128 Å². The Kier molecular flexibility index (Phi) is 13.2. The largest absolute Gasteiger partial charge is 4.00 e. The van der Waals surface area contributed by atoms with Crippen LogP contribution in [0.2, 0.25) is 18.6 Å². The van der Waals surface area contributed by atoms with E-state index in [1.165, 1.54) is 64.2 Å². The van der Waals surface area contributed by atoms with Gasteiger partial charge in [-0.1, -0.05) is 87.5 Å². The monoisotopic (exact) mass is 510 g/mol. The van der Waals surface area contributed by atoms with Gasteiger partial charge in [0, 0.05) is 12.1 Å². The summed E-state index contributed by atoms with van der Waals surface area (Å²) in [6, 6.07) is 1.72. The van der Waals surface area contributed by atoms with E-state index in [1.54, 1.807) is 0 Å². The molecule has 4 rings (SSSR count). The van der Waals surface area contributed by atoms with Gasteiger partial charge in [0.15, 0.2) is 0 Å². The van der Waals surface area contributed by atoms with E-state index in [-0.39, 0.29) is 49.5 Å². The number of fused-ring (bicyclic) bond motifs is 5. The quantitative estimate of drug-likeness (QED) is 0.258. The number of hydrogen-bond donors (Lipinski definition) is 0. The molecular weight excluding hydrogens is 452 g/mol. The van der Waals surface area contributed by atoms with Crippen LogP contribution >= 0.6 is 0 Å². The standard InChI is InChI=1S/C26H49N2Si.3CH3.Ti/c1-8-26(9-2,10-3)27-29(6,7)25-20-14-12-11-13-19(20)23-21-17-18(4)15-16-22(21)28(5)24(23)25;;;;/h18-25H,8-17H2,1-7H3;3*1H3;/q4*-1;+4. The first-order valence-electron chi connectivity index (χ1n) is 13.2. The van der Waals surface area contributed by atoms with E-state index in [1.807, 2.05) is 0 Å². The van der Waals surface area contributed by atoms with Crippen LogP contribution in [0.25, 0.3) is 4.98 Å². The van der Waals surface area contributed by atoms with Crippen molar-refractivity contribution in [2.75, 3.05) is 7.05 Å². The number of likely N-dealkylation sites (tertiary alicyclic amines) is 1. The topological polar surface area (TPSA) is 17.3 Å². The van der Waals surface area contributed by atoms with Crippen LogP contribution in [0.3, 0.4) is 0 Å². The van der Waals surface area contributed by atoms with Crippen molar-refractivity contribution in [2.24, 2.45) is 29.6 Å². The zero-order valence-corrected chi connectivity index (χ0v) is 26.6. The van der Waals surface area contributed by atoms with E-state index in [0.29, 0.717) is 0 Å². The fourth-order valence-corrected chi connectivity index (χ4v) is 13.7. The Hall–Kier alpha value is 0.851. The number of rotatable bonds is 6. The maximum Gasteiger partial charge on any atom is 4.00 e. The predicted molar refractivity (Wildman–Crippen MR) is 148 cm³/mol. The third kappa shape index (κ3) is 5.73. The fourth-order valence-electron chi connectivity index (χ4n) is 9.12. The van der Waals surface area contributed by atoms with Crippen LogP contribution in [0.4, 0.5) is 0 Å². The second-order valence-corrected chi connectivity index (χ2v) is 16.3. The van der Waals surface area contributed by atoms with Crippen molar-refractivity contribution in [3.05, 3.63) is 27.3 Å². The minimum absolute atomic E-state index is 0. The molecule has 4 heteroatoms. The molecule has 0 amide bonds. The summed E-state index contributed by atoms with van der Waals surface area (Å²) in [6.45, 7) is 15.0. The molecule has 0 aromatic carbocycles. The van der Waals surface area contributed by atoms with E-state index in [4.69, 9.17) is 4.98 Å². The van der Waals surface area contributed by atoms with Gasteiger partial charge >= 0.3 is 21.7 Å². The Morgan fingerprint density at radius 2 is 1.39 bits per heavy atom. The molecule has 192 valence electrons. The smallest absolute Gasteiger partial charge is 0.659 e. The molecule has 1 saturated heterocycles. The van der Waals surface area contributed by atoms with E-state index >= 15 is 0 Å². The Bertz CT molecular complexity index is 570. The third-order valence-electron chi connectivity index (χ3n) is 10.5. The molecule has 0 aromatic heterocycles.